The fourth-order valence-electron chi connectivity index (χ4n) is 2.49. The molecule has 0 spiro atoms. The lowest BCUT2D eigenvalue weighted by Gasteiger charge is -2.10. The molecule has 3 rings (SSSR count). The highest BCUT2D eigenvalue weighted by molar-refractivity contribution is 7.12. The van der Waals surface area contributed by atoms with Crippen LogP contribution < -0.4 is 5.32 Å². The smallest absolute Gasteiger partial charge is 0.339 e. The molecule has 0 aliphatic carbocycles. The fourth-order valence-corrected chi connectivity index (χ4v) is 3.36. The van der Waals surface area contributed by atoms with E-state index in [1.54, 1.807) is 47.8 Å². The third-order valence-corrected chi connectivity index (χ3v) is 4.99. The first-order valence-corrected chi connectivity index (χ1v) is 9.13. The van der Waals surface area contributed by atoms with Crippen molar-refractivity contribution in [1.82, 2.24) is 0 Å². The zero-order valence-corrected chi connectivity index (χ0v) is 15.8. The highest BCUT2D eigenvalue weighted by Gasteiger charge is 2.19. The number of nitrogens with one attached hydrogen (secondary N) is 1. The Kier molecular flexibility index (Phi) is 5.69. The molecule has 1 amide bonds. The summed E-state index contributed by atoms with van der Waals surface area (Å²) in [6.07, 6.45) is 0. The average molecular weight is 400 g/mol. The lowest BCUT2D eigenvalue weighted by atomic mass is 10.0. The van der Waals surface area contributed by atoms with E-state index in [0.717, 1.165) is 0 Å². The molecule has 0 aliphatic heterocycles. The van der Waals surface area contributed by atoms with E-state index in [9.17, 15) is 14.4 Å². The molecule has 3 aromatic rings. The van der Waals surface area contributed by atoms with E-state index in [1.165, 1.54) is 30.6 Å². The number of hydrogen-bond donors (Lipinski definition) is 1. The predicted molar refractivity (Wildman–Crippen MR) is 105 cm³/mol. The Bertz CT molecular complexity index is 1010. The fraction of sp³-hybridized carbons (Fsp3) is 0.0500. The van der Waals surface area contributed by atoms with Gasteiger partial charge in [-0.3, -0.25) is 9.59 Å². The van der Waals surface area contributed by atoms with Gasteiger partial charge >= 0.3 is 5.97 Å². The molecule has 0 unspecified atom stereocenters. The Hall–Kier alpha value is -2.96. The van der Waals surface area contributed by atoms with Crippen LogP contribution in [0.1, 0.15) is 36.0 Å². The Morgan fingerprint density at radius 1 is 0.963 bits per heavy atom. The van der Waals surface area contributed by atoms with Crippen molar-refractivity contribution in [3.05, 3.63) is 86.6 Å². The molecule has 27 heavy (non-hydrogen) atoms. The second-order valence-electron chi connectivity index (χ2n) is 5.49. The van der Waals surface area contributed by atoms with Gasteiger partial charge in [0.15, 0.2) is 0 Å². The number of benzene rings is 2. The van der Waals surface area contributed by atoms with Crippen LogP contribution in [0.25, 0.3) is 0 Å². The number of esters is 1. The second-order valence-corrected chi connectivity index (χ2v) is 6.85. The van der Waals surface area contributed by atoms with E-state index in [1.807, 2.05) is 0 Å². The normalized spacial score (nSPS) is 10.3. The van der Waals surface area contributed by atoms with Gasteiger partial charge in [0, 0.05) is 11.3 Å². The van der Waals surface area contributed by atoms with Gasteiger partial charge in [-0.2, -0.15) is 0 Å². The molecule has 7 heteroatoms. The monoisotopic (exact) mass is 399 g/mol. The molecule has 0 bridgehead atoms. The van der Waals surface area contributed by atoms with Crippen LogP contribution in [0.3, 0.4) is 0 Å². The Morgan fingerprint density at radius 3 is 2.37 bits per heavy atom. The molecule has 0 atom stereocenters. The van der Waals surface area contributed by atoms with E-state index < -0.39 is 11.9 Å². The summed E-state index contributed by atoms with van der Waals surface area (Å²) in [6.45, 7) is 0. The van der Waals surface area contributed by atoms with Crippen molar-refractivity contribution >= 4 is 46.3 Å². The average Bonchev–Trinajstić information content (AvgIpc) is 3.23. The Labute approximate surface area is 164 Å². The van der Waals surface area contributed by atoms with Gasteiger partial charge in [-0.1, -0.05) is 35.9 Å². The number of methoxy groups -OCH3 is 1. The van der Waals surface area contributed by atoms with Gasteiger partial charge in [0.25, 0.3) is 5.91 Å². The minimum absolute atomic E-state index is 0.139. The zero-order chi connectivity index (χ0) is 19.4. The molecule has 1 heterocycles. The van der Waals surface area contributed by atoms with Crippen molar-refractivity contribution in [2.75, 3.05) is 12.4 Å². The summed E-state index contributed by atoms with van der Waals surface area (Å²) < 4.78 is 4.67. The van der Waals surface area contributed by atoms with Crippen LogP contribution in [0, 0.1) is 0 Å². The SMILES string of the molecule is COC(=O)c1cc(NC(=O)c2ccccc2C(=O)c2cccs2)ccc1Cl. The number of ketones is 1. The van der Waals surface area contributed by atoms with E-state index in [4.69, 9.17) is 11.6 Å². The van der Waals surface area contributed by atoms with Crippen LogP contribution in [0.4, 0.5) is 5.69 Å². The first-order valence-electron chi connectivity index (χ1n) is 7.87. The lowest BCUT2D eigenvalue weighted by molar-refractivity contribution is 0.0600. The van der Waals surface area contributed by atoms with Crippen LogP contribution in [0.15, 0.2) is 60.0 Å². The molecule has 5 nitrogen and oxygen atoms in total. The predicted octanol–water partition coefficient (Wildman–Crippen LogP) is 4.67. The number of amides is 1. The summed E-state index contributed by atoms with van der Waals surface area (Å²) in [5.74, 6) is -1.29. The van der Waals surface area contributed by atoms with E-state index >= 15 is 0 Å². The lowest BCUT2D eigenvalue weighted by Crippen LogP contribution is -2.17. The van der Waals surface area contributed by atoms with Gasteiger partial charge in [0.05, 0.1) is 28.1 Å². The molecule has 1 N–H and O–H groups in total. The summed E-state index contributed by atoms with van der Waals surface area (Å²) in [6, 6.07) is 14.5. The van der Waals surface area contributed by atoms with Crippen molar-refractivity contribution in [3.63, 3.8) is 0 Å². The number of ether oxygens (including phenoxy) is 1. The van der Waals surface area contributed by atoms with Crippen LogP contribution in [-0.4, -0.2) is 24.8 Å². The molecule has 1 aromatic heterocycles. The number of carbonyl (C=O) groups excluding carboxylic acids is 3. The first-order chi connectivity index (χ1) is 13.0. The van der Waals surface area contributed by atoms with E-state index in [2.05, 4.69) is 10.1 Å². The third kappa shape index (κ3) is 4.07. The van der Waals surface area contributed by atoms with Crippen molar-refractivity contribution in [1.29, 1.82) is 0 Å². The number of thiophene rings is 1. The zero-order valence-electron chi connectivity index (χ0n) is 14.2. The van der Waals surface area contributed by atoms with Gasteiger partial charge in [0.2, 0.25) is 5.78 Å². The topological polar surface area (TPSA) is 72.5 Å². The summed E-state index contributed by atoms with van der Waals surface area (Å²) >= 11 is 7.30. The molecular formula is C20H14ClNO4S. The standard InChI is InChI=1S/C20H14ClNO4S/c1-26-20(25)15-11-12(8-9-16(15)21)22-19(24)14-6-3-2-5-13(14)18(23)17-7-4-10-27-17/h2-11H,1H3,(H,22,24). The highest BCUT2D eigenvalue weighted by atomic mass is 35.5. The summed E-state index contributed by atoms with van der Waals surface area (Å²) in [7, 11) is 1.25. The molecule has 0 saturated heterocycles. The minimum atomic E-state index is -0.607. The van der Waals surface area contributed by atoms with Crippen LogP contribution >= 0.6 is 22.9 Å². The summed E-state index contributed by atoms with van der Waals surface area (Å²) in [4.78, 5) is 37.7. The van der Waals surface area contributed by atoms with Crippen molar-refractivity contribution < 1.29 is 19.1 Å². The highest BCUT2D eigenvalue weighted by Crippen LogP contribution is 2.23. The van der Waals surface area contributed by atoms with E-state index in [-0.39, 0.29) is 21.9 Å². The number of carbonyl (C=O) groups is 3. The van der Waals surface area contributed by atoms with Crippen LogP contribution in [0.5, 0.6) is 0 Å². The maximum Gasteiger partial charge on any atom is 0.339 e. The largest absolute Gasteiger partial charge is 0.465 e. The van der Waals surface area contributed by atoms with Crippen molar-refractivity contribution in [2.45, 2.75) is 0 Å². The molecule has 0 fully saturated rings. The maximum atomic E-state index is 12.7. The van der Waals surface area contributed by atoms with Crippen LogP contribution in [0.2, 0.25) is 5.02 Å². The van der Waals surface area contributed by atoms with Gasteiger partial charge in [0.1, 0.15) is 0 Å². The summed E-state index contributed by atoms with van der Waals surface area (Å²) in [5, 5.41) is 4.71. The maximum absolute atomic E-state index is 12.7. The molecule has 2 aromatic carbocycles. The van der Waals surface area contributed by atoms with E-state index in [0.29, 0.717) is 16.1 Å². The van der Waals surface area contributed by atoms with Crippen molar-refractivity contribution in [3.8, 4) is 0 Å². The molecular weight excluding hydrogens is 386 g/mol. The number of hydrogen-bond acceptors (Lipinski definition) is 5. The third-order valence-electron chi connectivity index (χ3n) is 3.79. The van der Waals surface area contributed by atoms with Gasteiger partial charge in [-0.05, 0) is 35.7 Å². The van der Waals surface area contributed by atoms with Gasteiger partial charge in [-0.15, -0.1) is 11.3 Å². The number of anilines is 1. The van der Waals surface area contributed by atoms with Gasteiger partial charge in [-0.25, -0.2) is 4.79 Å². The quantitative estimate of drug-likeness (QED) is 0.499. The molecule has 0 radical (unpaired) electrons. The van der Waals surface area contributed by atoms with Crippen molar-refractivity contribution in [2.24, 2.45) is 0 Å². The van der Waals surface area contributed by atoms with Gasteiger partial charge < -0.3 is 10.1 Å². The number of rotatable bonds is 5. The van der Waals surface area contributed by atoms with Crippen LogP contribution in [-0.2, 0) is 4.74 Å². The molecule has 136 valence electrons. The summed E-state index contributed by atoms with van der Waals surface area (Å²) in [5.41, 5.74) is 1.05. The Balaban J connectivity index is 1.90. The second kappa shape index (κ2) is 8.16. The molecule has 0 aliphatic rings. The minimum Gasteiger partial charge on any atom is -0.465 e. The Morgan fingerprint density at radius 2 is 1.70 bits per heavy atom. The first kappa shape index (κ1) is 18.8. The number of halogens is 1. The molecule has 0 saturated carbocycles.